The first-order valence-electron chi connectivity index (χ1n) is 6.78. The lowest BCUT2D eigenvalue weighted by molar-refractivity contribution is 0.0963. The van der Waals surface area contributed by atoms with E-state index in [-0.39, 0.29) is 5.91 Å². The van der Waals surface area contributed by atoms with E-state index in [1.165, 1.54) is 11.3 Å². The smallest absolute Gasteiger partial charge is 0.251 e. The number of hydrogen-bond acceptors (Lipinski definition) is 6. The van der Waals surface area contributed by atoms with Crippen molar-refractivity contribution < 1.29 is 4.79 Å². The number of benzene rings is 1. The molecule has 2 N–H and O–H groups in total. The quantitative estimate of drug-likeness (QED) is 0.791. The molecule has 0 radical (unpaired) electrons. The zero-order valence-electron chi connectivity index (χ0n) is 12.8. The lowest BCUT2D eigenvalue weighted by Gasteiger charge is -2.16. The monoisotopic (exact) mass is 337 g/mol. The number of carbonyl (C=O) groups excluding carboxylic acids is 1. The minimum absolute atomic E-state index is 0.0757. The van der Waals surface area contributed by atoms with Crippen molar-refractivity contribution in [3.63, 3.8) is 0 Å². The molecule has 1 amide bonds. The molecule has 0 fully saturated rings. The summed E-state index contributed by atoms with van der Waals surface area (Å²) in [7, 11) is 5.46. The summed E-state index contributed by atoms with van der Waals surface area (Å²) in [6.45, 7) is 1.37. The molecule has 0 aliphatic rings. The highest BCUT2D eigenvalue weighted by molar-refractivity contribution is 7.73. The van der Waals surface area contributed by atoms with E-state index < -0.39 is 0 Å². The van der Waals surface area contributed by atoms with Crippen LogP contribution in [0.5, 0.6) is 0 Å². The van der Waals surface area contributed by atoms with Crippen molar-refractivity contribution in [3.05, 3.63) is 39.3 Å². The average molecular weight is 337 g/mol. The average Bonchev–Trinajstić information content (AvgIpc) is 2.87. The zero-order valence-corrected chi connectivity index (χ0v) is 14.4. The predicted molar refractivity (Wildman–Crippen MR) is 91.8 cm³/mol. The Morgan fingerprint density at radius 1 is 1.36 bits per heavy atom. The van der Waals surface area contributed by atoms with Gasteiger partial charge >= 0.3 is 0 Å². The van der Waals surface area contributed by atoms with E-state index >= 15 is 0 Å². The van der Waals surface area contributed by atoms with Gasteiger partial charge in [-0.05, 0) is 37.0 Å². The van der Waals surface area contributed by atoms with Crippen LogP contribution in [0.4, 0.5) is 5.13 Å². The molecule has 0 bridgehead atoms. The Hall–Kier alpha value is -1.77. The number of nitrogens with zero attached hydrogens (tertiary/aromatic N) is 3. The number of anilines is 1. The summed E-state index contributed by atoms with van der Waals surface area (Å²) in [6.07, 6.45) is 0. The Bertz CT molecular complexity index is 692. The SMILES string of the molecule is CNC(=O)c1ccc(CN(C)Cn2nc(NC)sc2=S)cc1. The van der Waals surface area contributed by atoms with Crippen molar-refractivity contribution >= 4 is 34.6 Å². The van der Waals surface area contributed by atoms with Gasteiger partial charge in [-0.2, -0.15) is 0 Å². The maximum absolute atomic E-state index is 11.5. The highest BCUT2D eigenvalue weighted by Crippen LogP contribution is 2.14. The molecule has 22 heavy (non-hydrogen) atoms. The zero-order chi connectivity index (χ0) is 16.1. The van der Waals surface area contributed by atoms with E-state index in [0.29, 0.717) is 12.2 Å². The molecule has 1 aromatic heterocycles. The molecule has 1 heterocycles. The van der Waals surface area contributed by atoms with Crippen molar-refractivity contribution in [3.8, 4) is 0 Å². The first kappa shape index (κ1) is 16.6. The maximum atomic E-state index is 11.5. The Morgan fingerprint density at radius 2 is 2.05 bits per heavy atom. The number of nitrogens with one attached hydrogen (secondary N) is 2. The summed E-state index contributed by atoms with van der Waals surface area (Å²) < 4.78 is 2.54. The Labute approximate surface area is 138 Å². The molecule has 1 aromatic carbocycles. The third-order valence-corrected chi connectivity index (χ3v) is 4.42. The van der Waals surface area contributed by atoms with E-state index in [1.807, 2.05) is 38.4 Å². The van der Waals surface area contributed by atoms with Crippen LogP contribution in [0.3, 0.4) is 0 Å². The summed E-state index contributed by atoms with van der Waals surface area (Å²) in [4.78, 5) is 13.6. The van der Waals surface area contributed by atoms with Gasteiger partial charge in [0.15, 0.2) is 3.95 Å². The first-order valence-corrected chi connectivity index (χ1v) is 8.01. The highest BCUT2D eigenvalue weighted by Gasteiger charge is 2.07. The van der Waals surface area contributed by atoms with Gasteiger partial charge in [0, 0.05) is 26.2 Å². The standard InChI is InChI=1S/C14H19N5OS2/c1-15-12(20)11-6-4-10(5-7-11)8-18(3)9-19-14(21)22-13(16-2)17-19/h4-7H,8-9H2,1-3H3,(H,15,20)(H,16,17). The Balaban J connectivity index is 1.99. The van der Waals surface area contributed by atoms with Gasteiger partial charge in [0.1, 0.15) is 0 Å². The molecule has 0 saturated carbocycles. The van der Waals surface area contributed by atoms with Crippen molar-refractivity contribution in [2.24, 2.45) is 0 Å². The molecular formula is C14H19N5OS2. The van der Waals surface area contributed by atoms with Crippen molar-refractivity contribution in [2.75, 3.05) is 26.5 Å². The molecule has 2 aromatic rings. The highest BCUT2D eigenvalue weighted by atomic mass is 32.1. The first-order chi connectivity index (χ1) is 10.5. The molecule has 2 rings (SSSR count). The van der Waals surface area contributed by atoms with Crippen molar-refractivity contribution in [1.29, 1.82) is 0 Å². The summed E-state index contributed by atoms with van der Waals surface area (Å²) in [5, 5.41) is 10.8. The van der Waals surface area contributed by atoms with Crippen LogP contribution in [-0.2, 0) is 13.2 Å². The van der Waals surface area contributed by atoms with E-state index in [2.05, 4.69) is 20.6 Å². The van der Waals surface area contributed by atoms with Gasteiger partial charge < -0.3 is 10.6 Å². The summed E-state index contributed by atoms with van der Waals surface area (Å²) in [5.74, 6) is -0.0757. The molecule has 0 atom stereocenters. The van der Waals surface area contributed by atoms with Gasteiger partial charge in [-0.15, -0.1) is 5.10 Å². The summed E-state index contributed by atoms with van der Waals surface area (Å²) in [5.41, 5.74) is 1.79. The van der Waals surface area contributed by atoms with Gasteiger partial charge in [0.2, 0.25) is 5.13 Å². The van der Waals surface area contributed by atoms with Crippen LogP contribution in [-0.4, -0.2) is 41.7 Å². The van der Waals surface area contributed by atoms with Gasteiger partial charge in [-0.3, -0.25) is 9.69 Å². The predicted octanol–water partition coefficient (Wildman–Crippen LogP) is 2.16. The van der Waals surface area contributed by atoms with Crippen LogP contribution in [0.1, 0.15) is 15.9 Å². The van der Waals surface area contributed by atoms with Crippen LogP contribution in [0.2, 0.25) is 0 Å². The molecule has 8 heteroatoms. The molecule has 0 aliphatic carbocycles. The van der Waals surface area contributed by atoms with Crippen LogP contribution < -0.4 is 10.6 Å². The minimum Gasteiger partial charge on any atom is -0.363 e. The van der Waals surface area contributed by atoms with E-state index in [0.717, 1.165) is 21.2 Å². The fourth-order valence-corrected chi connectivity index (χ4v) is 2.94. The van der Waals surface area contributed by atoms with E-state index in [4.69, 9.17) is 12.2 Å². The third-order valence-electron chi connectivity index (χ3n) is 3.09. The van der Waals surface area contributed by atoms with Crippen molar-refractivity contribution in [1.82, 2.24) is 20.0 Å². The van der Waals surface area contributed by atoms with Gasteiger partial charge in [-0.25, -0.2) is 4.68 Å². The third kappa shape index (κ3) is 4.12. The molecule has 0 saturated heterocycles. The summed E-state index contributed by atoms with van der Waals surface area (Å²) in [6, 6.07) is 7.58. The van der Waals surface area contributed by atoms with Gasteiger partial charge in [0.25, 0.3) is 5.91 Å². The second-order valence-electron chi connectivity index (χ2n) is 4.85. The molecule has 0 spiro atoms. The number of hydrogen-bond donors (Lipinski definition) is 2. The normalized spacial score (nSPS) is 10.7. The minimum atomic E-state index is -0.0757. The summed E-state index contributed by atoms with van der Waals surface area (Å²) >= 11 is 6.74. The molecule has 0 unspecified atom stereocenters. The van der Waals surface area contributed by atoms with E-state index in [9.17, 15) is 4.79 Å². The lowest BCUT2D eigenvalue weighted by Crippen LogP contribution is -2.22. The number of aromatic nitrogens is 2. The van der Waals surface area contributed by atoms with Crippen LogP contribution in [0.15, 0.2) is 24.3 Å². The van der Waals surface area contributed by atoms with Gasteiger partial charge in [0.05, 0.1) is 6.67 Å². The fourth-order valence-electron chi connectivity index (χ4n) is 1.99. The number of amides is 1. The maximum Gasteiger partial charge on any atom is 0.251 e. The molecule has 0 aliphatic heterocycles. The fraction of sp³-hybridized carbons (Fsp3) is 0.357. The van der Waals surface area contributed by atoms with Gasteiger partial charge in [-0.1, -0.05) is 23.5 Å². The Kier molecular flexibility index (Phi) is 5.64. The van der Waals surface area contributed by atoms with Crippen molar-refractivity contribution in [2.45, 2.75) is 13.2 Å². The van der Waals surface area contributed by atoms with Crippen LogP contribution >= 0.6 is 23.6 Å². The van der Waals surface area contributed by atoms with Crippen LogP contribution in [0, 0.1) is 3.95 Å². The molecular weight excluding hydrogens is 318 g/mol. The second kappa shape index (κ2) is 7.48. The topological polar surface area (TPSA) is 62.2 Å². The lowest BCUT2D eigenvalue weighted by atomic mass is 10.1. The molecule has 118 valence electrons. The Morgan fingerprint density at radius 3 is 2.59 bits per heavy atom. The molecule has 6 nitrogen and oxygen atoms in total. The number of carbonyl (C=O) groups is 1. The largest absolute Gasteiger partial charge is 0.363 e. The number of rotatable bonds is 6. The van der Waals surface area contributed by atoms with Crippen LogP contribution in [0.25, 0.3) is 0 Å². The van der Waals surface area contributed by atoms with E-state index in [1.54, 1.807) is 11.7 Å². The second-order valence-corrected chi connectivity index (χ2v) is 6.48.